The molecule has 0 N–H and O–H groups in total. The minimum absolute atomic E-state index is 0.00223. The third kappa shape index (κ3) is 5.08. The molecule has 31 heavy (non-hydrogen) atoms. The predicted molar refractivity (Wildman–Crippen MR) is 118 cm³/mol. The minimum atomic E-state index is -3.84. The van der Waals surface area contributed by atoms with Crippen molar-refractivity contribution in [3.63, 3.8) is 0 Å². The van der Waals surface area contributed by atoms with Crippen LogP contribution in [0.1, 0.15) is 35.0 Å². The highest BCUT2D eigenvalue weighted by molar-refractivity contribution is 7.89. The highest BCUT2D eigenvalue weighted by atomic mass is 32.2. The second-order valence-corrected chi connectivity index (χ2v) is 9.91. The van der Waals surface area contributed by atoms with Crippen LogP contribution in [0.5, 0.6) is 11.5 Å². The zero-order valence-electron chi connectivity index (χ0n) is 18.0. The number of hydrogen-bond donors (Lipinski definition) is 0. The maximum absolute atomic E-state index is 13.5. The molecule has 0 spiro atoms. The van der Waals surface area contributed by atoms with E-state index in [1.807, 2.05) is 12.3 Å². The molecule has 0 radical (unpaired) electrons. The minimum Gasteiger partial charge on any atom is -0.493 e. The second kappa shape index (κ2) is 9.80. The van der Waals surface area contributed by atoms with E-state index in [-0.39, 0.29) is 22.3 Å². The molecule has 1 aromatic carbocycles. The van der Waals surface area contributed by atoms with E-state index in [0.29, 0.717) is 31.5 Å². The number of benzene rings is 1. The molecule has 0 unspecified atom stereocenters. The summed E-state index contributed by atoms with van der Waals surface area (Å²) in [6.45, 7) is 2.74. The van der Waals surface area contributed by atoms with E-state index in [2.05, 4.69) is 9.72 Å². The first-order valence-electron chi connectivity index (χ1n) is 9.74. The van der Waals surface area contributed by atoms with Crippen molar-refractivity contribution in [2.24, 2.45) is 0 Å². The topological polar surface area (TPSA) is 95.0 Å². The number of aromatic nitrogens is 1. The number of methoxy groups -OCH3 is 3. The Balaban J connectivity index is 1.90. The Labute approximate surface area is 186 Å². The number of hydrogen-bond acceptors (Lipinski definition) is 8. The first kappa shape index (κ1) is 23.2. The molecule has 2 heterocycles. The summed E-state index contributed by atoms with van der Waals surface area (Å²) in [5, 5.41) is 3.08. The van der Waals surface area contributed by atoms with Gasteiger partial charge in [0.05, 0.1) is 26.3 Å². The molecule has 3 rings (SSSR count). The van der Waals surface area contributed by atoms with Crippen LogP contribution in [-0.4, -0.2) is 58.1 Å². The average Bonchev–Trinajstić information content (AvgIpc) is 3.22. The quantitative estimate of drug-likeness (QED) is 0.457. The number of nitrogens with zero attached hydrogens (tertiary/aromatic N) is 2. The SMILES string of the molecule is COC(=O)/C=C/c1cc(OC)c(OC)c(S(=O)(=O)N2CCC(c3nc(C)cs3)CC2)c1. The van der Waals surface area contributed by atoms with E-state index >= 15 is 0 Å². The fourth-order valence-electron chi connectivity index (χ4n) is 3.51. The molecule has 10 heteroatoms. The third-order valence-electron chi connectivity index (χ3n) is 5.14. The Bertz CT molecular complexity index is 1070. The maximum Gasteiger partial charge on any atom is 0.330 e. The molecule has 1 aromatic heterocycles. The van der Waals surface area contributed by atoms with Gasteiger partial charge in [0.25, 0.3) is 0 Å². The largest absolute Gasteiger partial charge is 0.493 e. The van der Waals surface area contributed by atoms with Gasteiger partial charge in [0.15, 0.2) is 11.5 Å². The van der Waals surface area contributed by atoms with Gasteiger partial charge in [-0.2, -0.15) is 4.31 Å². The number of esters is 1. The second-order valence-electron chi connectivity index (χ2n) is 7.12. The van der Waals surface area contributed by atoms with Gasteiger partial charge < -0.3 is 14.2 Å². The van der Waals surface area contributed by atoms with Gasteiger partial charge >= 0.3 is 5.97 Å². The molecule has 168 valence electrons. The van der Waals surface area contributed by atoms with Crippen molar-refractivity contribution in [3.05, 3.63) is 39.9 Å². The Morgan fingerprint density at radius 1 is 1.19 bits per heavy atom. The lowest BCUT2D eigenvalue weighted by Crippen LogP contribution is -2.38. The standard InChI is InChI=1S/C21H26N2O6S2/c1-14-13-30-21(22-14)16-7-9-23(10-8-16)31(25,26)18-12-15(5-6-19(24)28-3)11-17(27-2)20(18)29-4/h5-6,11-13,16H,7-10H2,1-4H3/b6-5+. The average molecular weight is 467 g/mol. The van der Waals surface area contributed by atoms with Gasteiger partial charge in [-0.3, -0.25) is 0 Å². The Kier molecular flexibility index (Phi) is 7.34. The molecule has 0 amide bonds. The Morgan fingerprint density at radius 2 is 1.90 bits per heavy atom. The van der Waals surface area contributed by atoms with Crippen molar-refractivity contribution in [3.8, 4) is 11.5 Å². The number of carbonyl (C=O) groups excluding carboxylic acids is 1. The van der Waals surface area contributed by atoms with Gasteiger partial charge in [-0.1, -0.05) is 0 Å². The van der Waals surface area contributed by atoms with Crippen LogP contribution in [0.15, 0.2) is 28.5 Å². The summed E-state index contributed by atoms with van der Waals surface area (Å²) in [7, 11) is 0.263. The summed E-state index contributed by atoms with van der Waals surface area (Å²) >= 11 is 1.62. The normalized spacial score (nSPS) is 15.9. The molecule has 2 aromatic rings. The number of rotatable bonds is 7. The van der Waals surface area contributed by atoms with Crippen LogP contribution >= 0.6 is 11.3 Å². The van der Waals surface area contributed by atoms with Crippen molar-refractivity contribution in [1.29, 1.82) is 0 Å². The molecular weight excluding hydrogens is 440 g/mol. The van der Waals surface area contributed by atoms with Gasteiger partial charge in [-0.25, -0.2) is 18.2 Å². The van der Waals surface area contributed by atoms with Crippen LogP contribution in [0.25, 0.3) is 6.08 Å². The van der Waals surface area contributed by atoms with Gasteiger partial charge in [-0.15, -0.1) is 11.3 Å². The number of thiazole rings is 1. The number of carbonyl (C=O) groups is 1. The molecular formula is C21H26N2O6S2. The van der Waals surface area contributed by atoms with Crippen LogP contribution in [0.2, 0.25) is 0 Å². The van der Waals surface area contributed by atoms with Gasteiger partial charge in [0.2, 0.25) is 10.0 Å². The third-order valence-corrected chi connectivity index (χ3v) is 8.17. The van der Waals surface area contributed by atoms with E-state index in [1.54, 1.807) is 17.4 Å². The van der Waals surface area contributed by atoms with Crippen LogP contribution < -0.4 is 9.47 Å². The zero-order chi connectivity index (χ0) is 22.6. The van der Waals surface area contributed by atoms with Crippen LogP contribution in [0.3, 0.4) is 0 Å². The highest BCUT2D eigenvalue weighted by Crippen LogP contribution is 2.39. The van der Waals surface area contributed by atoms with Crippen molar-refractivity contribution in [2.45, 2.75) is 30.6 Å². The number of ether oxygens (including phenoxy) is 3. The lowest BCUT2D eigenvalue weighted by Gasteiger charge is -2.31. The van der Waals surface area contributed by atoms with E-state index in [4.69, 9.17) is 9.47 Å². The number of aryl methyl sites for hydroxylation is 1. The van der Waals surface area contributed by atoms with Crippen molar-refractivity contribution < 1.29 is 27.4 Å². The summed E-state index contributed by atoms with van der Waals surface area (Å²) in [5.74, 6) is 0.117. The summed E-state index contributed by atoms with van der Waals surface area (Å²) < 4.78 is 43.8. The fraction of sp³-hybridized carbons (Fsp3) is 0.429. The molecule has 1 aliphatic rings. The van der Waals surface area contributed by atoms with Crippen molar-refractivity contribution in [2.75, 3.05) is 34.4 Å². The monoisotopic (exact) mass is 466 g/mol. The van der Waals surface area contributed by atoms with E-state index in [9.17, 15) is 13.2 Å². The molecule has 1 saturated heterocycles. The molecule has 0 atom stereocenters. The van der Waals surface area contributed by atoms with Gasteiger partial charge in [-0.05, 0) is 43.5 Å². The van der Waals surface area contributed by atoms with Crippen LogP contribution in [0, 0.1) is 6.92 Å². The summed E-state index contributed by atoms with van der Waals surface area (Å²) in [6, 6.07) is 3.08. The summed E-state index contributed by atoms with van der Waals surface area (Å²) in [6.07, 6.45) is 4.10. The van der Waals surface area contributed by atoms with Crippen LogP contribution in [0.4, 0.5) is 0 Å². The van der Waals surface area contributed by atoms with Crippen LogP contribution in [-0.2, 0) is 19.6 Å². The van der Waals surface area contributed by atoms with Gasteiger partial charge in [0.1, 0.15) is 4.90 Å². The lowest BCUT2D eigenvalue weighted by atomic mass is 9.99. The van der Waals surface area contributed by atoms with Gasteiger partial charge in [0, 0.05) is 36.2 Å². The zero-order valence-corrected chi connectivity index (χ0v) is 19.6. The summed E-state index contributed by atoms with van der Waals surface area (Å²) in [4.78, 5) is 16.0. The van der Waals surface area contributed by atoms with E-state index in [0.717, 1.165) is 10.7 Å². The lowest BCUT2D eigenvalue weighted by molar-refractivity contribution is -0.134. The van der Waals surface area contributed by atoms with E-state index in [1.165, 1.54) is 43.9 Å². The smallest absolute Gasteiger partial charge is 0.330 e. The highest BCUT2D eigenvalue weighted by Gasteiger charge is 2.34. The molecule has 0 saturated carbocycles. The van der Waals surface area contributed by atoms with Crippen molar-refractivity contribution in [1.82, 2.24) is 9.29 Å². The molecule has 0 bridgehead atoms. The first-order chi connectivity index (χ1) is 14.8. The molecule has 1 fully saturated rings. The first-order valence-corrected chi connectivity index (χ1v) is 12.1. The van der Waals surface area contributed by atoms with E-state index < -0.39 is 16.0 Å². The molecule has 1 aliphatic heterocycles. The Morgan fingerprint density at radius 3 is 2.45 bits per heavy atom. The van der Waals surface area contributed by atoms with Crippen molar-refractivity contribution >= 4 is 33.4 Å². The fourth-order valence-corrected chi connectivity index (χ4v) is 6.15. The predicted octanol–water partition coefficient (Wildman–Crippen LogP) is 3.22. The number of piperidine rings is 1. The summed E-state index contributed by atoms with van der Waals surface area (Å²) in [5.41, 5.74) is 1.47. The molecule has 8 nitrogen and oxygen atoms in total. The maximum atomic E-state index is 13.5. The number of sulfonamides is 1. The molecule has 0 aliphatic carbocycles. The Hall–Kier alpha value is -2.43.